The number of esters is 1. The van der Waals surface area contributed by atoms with Gasteiger partial charge in [-0.05, 0) is 11.1 Å². The number of aliphatic carboxylic acids is 1. The van der Waals surface area contributed by atoms with Crippen molar-refractivity contribution in [3.05, 3.63) is 154 Å². The van der Waals surface area contributed by atoms with Gasteiger partial charge in [-0.25, -0.2) is 35.7 Å². The maximum atomic E-state index is 13.6. The summed E-state index contributed by atoms with van der Waals surface area (Å²) in [5.74, 6) is -27.7. The molecule has 11 nitrogen and oxygen atoms in total. The minimum atomic E-state index is -2.33. The van der Waals surface area contributed by atoms with Crippen LogP contribution < -0.4 is 4.74 Å². The fourth-order valence-electron chi connectivity index (χ4n) is 4.62. The van der Waals surface area contributed by atoms with Crippen molar-refractivity contribution in [2.24, 2.45) is 0 Å². The summed E-state index contributed by atoms with van der Waals surface area (Å²) >= 11 is 0. The van der Waals surface area contributed by atoms with E-state index in [-0.39, 0.29) is 19.3 Å². The number of aryl methyl sites for hydroxylation is 2. The molecule has 0 saturated heterocycles. The minimum absolute atomic E-state index is 0.0358. The SMILES string of the molecule is O=C(CCc1cnnn1Cc1ccccc1)Oc1c(F)c(F)c(F)c(F)c1F.O=C(O)CCc1cnnn1Cc1ccccc1.Oc1c(F)c(F)c(F)c(F)c1F. The van der Waals surface area contributed by atoms with Gasteiger partial charge in [-0.3, -0.25) is 9.59 Å². The van der Waals surface area contributed by atoms with Crippen molar-refractivity contribution in [1.29, 1.82) is 0 Å². The fourth-order valence-corrected chi connectivity index (χ4v) is 4.62. The molecule has 0 aliphatic heterocycles. The van der Waals surface area contributed by atoms with Crippen LogP contribution in [0.5, 0.6) is 11.5 Å². The minimum Gasteiger partial charge on any atom is -0.503 e. The van der Waals surface area contributed by atoms with Crippen LogP contribution in [0.3, 0.4) is 0 Å². The van der Waals surface area contributed by atoms with Gasteiger partial charge in [0, 0.05) is 12.8 Å². The number of phenols is 1. The van der Waals surface area contributed by atoms with Crippen LogP contribution in [0.4, 0.5) is 43.9 Å². The second kappa shape index (κ2) is 19.7. The van der Waals surface area contributed by atoms with Gasteiger partial charge in [0.15, 0.2) is 5.75 Å². The summed E-state index contributed by atoms with van der Waals surface area (Å²) in [6, 6.07) is 19.1. The molecule has 57 heavy (non-hydrogen) atoms. The Hall–Kier alpha value is -6.80. The Morgan fingerprint density at radius 2 is 0.912 bits per heavy atom. The molecule has 21 heteroatoms. The number of aromatic nitrogens is 6. The van der Waals surface area contributed by atoms with Crippen molar-refractivity contribution in [3.8, 4) is 11.5 Å². The van der Waals surface area contributed by atoms with Crippen LogP contribution in [0.25, 0.3) is 0 Å². The number of phenolic OH excluding ortho intramolecular Hbond substituents is 1. The highest BCUT2D eigenvalue weighted by atomic mass is 19.2. The quantitative estimate of drug-likeness (QED) is 0.0465. The van der Waals surface area contributed by atoms with Gasteiger partial charge < -0.3 is 14.9 Å². The lowest BCUT2D eigenvalue weighted by Crippen LogP contribution is -2.15. The summed E-state index contributed by atoms with van der Waals surface area (Å²) in [7, 11) is 0. The van der Waals surface area contributed by atoms with Crippen LogP contribution in [0, 0.1) is 58.2 Å². The molecule has 0 unspecified atom stereocenters. The van der Waals surface area contributed by atoms with E-state index in [1.54, 1.807) is 10.9 Å². The van der Waals surface area contributed by atoms with Crippen molar-refractivity contribution in [2.45, 2.75) is 38.8 Å². The molecule has 0 fully saturated rings. The number of carbonyl (C=O) groups is 2. The molecule has 6 rings (SSSR count). The van der Waals surface area contributed by atoms with Crippen LogP contribution >= 0.6 is 0 Å². The van der Waals surface area contributed by atoms with Crippen LogP contribution in [0.15, 0.2) is 73.1 Å². The van der Waals surface area contributed by atoms with Crippen molar-refractivity contribution in [1.82, 2.24) is 30.0 Å². The smallest absolute Gasteiger partial charge is 0.311 e. The number of aromatic hydroxyl groups is 1. The van der Waals surface area contributed by atoms with Gasteiger partial charge in [0.2, 0.25) is 63.9 Å². The van der Waals surface area contributed by atoms with E-state index in [1.807, 2.05) is 60.7 Å². The van der Waals surface area contributed by atoms with E-state index in [2.05, 4.69) is 25.4 Å². The summed E-state index contributed by atoms with van der Waals surface area (Å²) in [6.07, 6.45) is 3.22. The van der Waals surface area contributed by atoms with Crippen LogP contribution in [0.1, 0.15) is 35.4 Å². The fraction of sp³-hybridized carbons (Fsp3) is 0.167. The molecule has 4 aromatic carbocycles. The van der Waals surface area contributed by atoms with E-state index < -0.39 is 81.6 Å². The molecule has 0 spiro atoms. The lowest BCUT2D eigenvalue weighted by Gasteiger charge is -2.09. The maximum absolute atomic E-state index is 13.6. The molecule has 6 aromatic rings. The zero-order valence-electron chi connectivity index (χ0n) is 28.8. The standard InChI is InChI=1S/C18H12F5N3O2.C12H13N3O2.C6HF5O/c19-13-14(20)16(22)18(17(23)15(13)21)28-12(27)7-6-11-8-24-25-26(11)9-10-4-2-1-3-5-10;16-12(17)7-6-11-8-13-14-15(11)9-10-4-2-1-3-5-10;7-1-2(8)4(10)6(12)5(11)3(1)9/h1-5,8H,6-7,9H2;1-5,8H,6-7,9H2,(H,16,17);12H. The third kappa shape index (κ3) is 11.1. The molecule has 2 aromatic heterocycles. The Labute approximate surface area is 314 Å². The highest BCUT2D eigenvalue weighted by Gasteiger charge is 2.29. The third-order valence-electron chi connectivity index (χ3n) is 7.50. The molecule has 2 N–H and O–H groups in total. The average molecular weight is 813 g/mol. The summed E-state index contributed by atoms with van der Waals surface area (Å²) in [5.41, 5.74) is 3.42. The lowest BCUT2D eigenvalue weighted by atomic mass is 10.2. The number of benzene rings is 4. The Kier molecular flexibility index (Phi) is 14.8. The largest absolute Gasteiger partial charge is 0.503 e. The number of hydrogen-bond donors (Lipinski definition) is 2. The van der Waals surface area contributed by atoms with Gasteiger partial charge in [-0.2, -0.15) is 17.6 Å². The highest BCUT2D eigenvalue weighted by Crippen LogP contribution is 2.30. The zero-order valence-corrected chi connectivity index (χ0v) is 28.8. The third-order valence-corrected chi connectivity index (χ3v) is 7.50. The first-order chi connectivity index (χ1) is 27.1. The first-order valence-electron chi connectivity index (χ1n) is 16.1. The Bertz CT molecular complexity index is 2190. The molecule has 2 heterocycles. The molecule has 0 atom stereocenters. The van der Waals surface area contributed by atoms with E-state index in [1.165, 1.54) is 10.9 Å². The van der Waals surface area contributed by atoms with E-state index in [4.69, 9.17) is 10.2 Å². The molecule has 0 aliphatic carbocycles. The lowest BCUT2D eigenvalue weighted by molar-refractivity contribution is -0.137. The molecule has 0 bridgehead atoms. The van der Waals surface area contributed by atoms with Gasteiger partial charge in [-0.1, -0.05) is 71.1 Å². The van der Waals surface area contributed by atoms with E-state index in [0.29, 0.717) is 25.2 Å². The summed E-state index contributed by atoms with van der Waals surface area (Å²) in [4.78, 5) is 22.4. The van der Waals surface area contributed by atoms with Crippen LogP contribution in [0.2, 0.25) is 0 Å². The van der Waals surface area contributed by atoms with Gasteiger partial charge in [0.05, 0.1) is 49.7 Å². The van der Waals surface area contributed by atoms with Gasteiger partial charge in [-0.15, -0.1) is 10.2 Å². The number of rotatable bonds is 11. The topological polar surface area (TPSA) is 145 Å². The second-order valence-corrected chi connectivity index (χ2v) is 11.4. The van der Waals surface area contributed by atoms with Crippen LogP contribution in [-0.4, -0.2) is 52.1 Å². The first-order valence-corrected chi connectivity index (χ1v) is 16.1. The molecule has 0 amide bonds. The van der Waals surface area contributed by atoms with Crippen molar-refractivity contribution in [2.75, 3.05) is 0 Å². The van der Waals surface area contributed by atoms with E-state index in [9.17, 15) is 53.5 Å². The zero-order chi connectivity index (χ0) is 41.8. The van der Waals surface area contributed by atoms with Crippen LogP contribution in [-0.2, 0) is 35.5 Å². The van der Waals surface area contributed by atoms with Gasteiger partial charge in [0.25, 0.3) is 0 Å². The average Bonchev–Trinajstić information content (AvgIpc) is 3.86. The number of carboxylic acids is 1. The number of ether oxygens (including phenoxy) is 1. The number of nitrogens with zero attached hydrogens (tertiary/aromatic N) is 6. The van der Waals surface area contributed by atoms with Crippen molar-refractivity contribution >= 4 is 11.9 Å². The Balaban J connectivity index is 0.000000210. The van der Waals surface area contributed by atoms with Crippen molar-refractivity contribution < 1.29 is 68.4 Å². The summed E-state index contributed by atoms with van der Waals surface area (Å²) in [5, 5.41) is 32.3. The monoisotopic (exact) mass is 812 g/mol. The molecule has 300 valence electrons. The molecule has 0 radical (unpaired) electrons. The Morgan fingerprint density at radius 3 is 1.32 bits per heavy atom. The molecular weight excluding hydrogens is 786 g/mol. The number of carboxylic acid groups (broad SMARTS) is 1. The van der Waals surface area contributed by atoms with E-state index in [0.717, 1.165) is 16.8 Å². The second-order valence-electron chi connectivity index (χ2n) is 11.4. The normalized spacial score (nSPS) is 10.6. The number of halogens is 10. The molecular formula is C36H26F10N6O5. The summed E-state index contributed by atoms with van der Waals surface area (Å²) < 4.78 is 135. The summed E-state index contributed by atoms with van der Waals surface area (Å²) in [6.45, 7) is 0.999. The predicted octanol–water partition coefficient (Wildman–Crippen LogP) is 6.99. The first kappa shape index (κ1) is 42.9. The predicted molar refractivity (Wildman–Crippen MR) is 175 cm³/mol. The molecule has 0 saturated carbocycles. The number of carbonyl (C=O) groups excluding carboxylic acids is 1. The number of hydrogen-bond acceptors (Lipinski definition) is 8. The maximum Gasteiger partial charge on any atom is 0.311 e. The highest BCUT2D eigenvalue weighted by molar-refractivity contribution is 5.72. The van der Waals surface area contributed by atoms with E-state index >= 15 is 0 Å². The van der Waals surface area contributed by atoms with Crippen molar-refractivity contribution in [3.63, 3.8) is 0 Å². The molecule has 0 aliphatic rings. The van der Waals surface area contributed by atoms with Gasteiger partial charge >= 0.3 is 11.9 Å². The van der Waals surface area contributed by atoms with Gasteiger partial charge in [0.1, 0.15) is 0 Å². The Morgan fingerprint density at radius 1 is 0.544 bits per heavy atom.